The Morgan fingerprint density at radius 2 is 1.86 bits per heavy atom. The molecule has 0 fully saturated rings. The van der Waals surface area contributed by atoms with Crippen LogP contribution in [-0.2, 0) is 6.54 Å². The number of carbonyl (C=O) groups excluding carboxylic acids is 1. The van der Waals surface area contributed by atoms with Crippen molar-refractivity contribution in [2.75, 3.05) is 0 Å². The van der Waals surface area contributed by atoms with Crippen molar-refractivity contribution in [3.8, 4) is 11.5 Å². The van der Waals surface area contributed by atoms with Gasteiger partial charge in [0, 0.05) is 23.6 Å². The molecule has 0 aliphatic heterocycles. The van der Waals surface area contributed by atoms with Gasteiger partial charge < -0.3 is 9.73 Å². The molecule has 0 bridgehead atoms. The highest BCUT2D eigenvalue weighted by Gasteiger charge is 2.17. The zero-order chi connectivity index (χ0) is 19.5. The lowest BCUT2D eigenvalue weighted by Crippen LogP contribution is -2.23. The topological polar surface area (TPSA) is 98.3 Å². The maximum atomic E-state index is 12.9. The number of aromatic nitrogens is 1. The number of amides is 1. The van der Waals surface area contributed by atoms with E-state index in [9.17, 15) is 14.9 Å². The molecule has 7 heteroatoms. The van der Waals surface area contributed by atoms with Crippen molar-refractivity contribution in [2.45, 2.75) is 6.54 Å². The van der Waals surface area contributed by atoms with E-state index in [-0.39, 0.29) is 18.1 Å². The van der Waals surface area contributed by atoms with Gasteiger partial charge in [0.15, 0.2) is 5.76 Å². The Balaban J connectivity index is 1.68. The second-order valence-electron chi connectivity index (χ2n) is 6.12. The summed E-state index contributed by atoms with van der Waals surface area (Å²) in [6.45, 7) is 0.0444. The van der Waals surface area contributed by atoms with Crippen LogP contribution in [0.25, 0.3) is 22.4 Å². The number of furan rings is 1. The predicted molar refractivity (Wildman–Crippen MR) is 104 cm³/mol. The minimum atomic E-state index is -0.460. The molecule has 0 saturated carbocycles. The highest BCUT2D eigenvalue weighted by molar-refractivity contribution is 6.07. The number of fused-ring (bicyclic) bond motifs is 1. The van der Waals surface area contributed by atoms with Crippen LogP contribution < -0.4 is 5.32 Å². The Morgan fingerprint density at radius 1 is 1.07 bits per heavy atom. The molecule has 0 radical (unpaired) electrons. The fraction of sp³-hybridized carbons (Fsp3) is 0.0476. The molecule has 0 atom stereocenters. The van der Waals surface area contributed by atoms with E-state index in [1.54, 1.807) is 42.7 Å². The zero-order valence-electron chi connectivity index (χ0n) is 14.7. The van der Waals surface area contributed by atoms with E-state index in [0.29, 0.717) is 33.5 Å². The number of hydrogen-bond acceptors (Lipinski definition) is 5. The van der Waals surface area contributed by atoms with Crippen molar-refractivity contribution in [2.24, 2.45) is 0 Å². The first kappa shape index (κ1) is 17.4. The van der Waals surface area contributed by atoms with Gasteiger partial charge in [-0.25, -0.2) is 4.98 Å². The molecule has 0 unspecified atom stereocenters. The summed E-state index contributed by atoms with van der Waals surface area (Å²) < 4.78 is 5.41. The van der Waals surface area contributed by atoms with Crippen LogP contribution in [0.4, 0.5) is 5.69 Å². The van der Waals surface area contributed by atoms with E-state index in [0.717, 1.165) is 0 Å². The molecular weight excluding hydrogens is 358 g/mol. The average molecular weight is 373 g/mol. The summed E-state index contributed by atoms with van der Waals surface area (Å²) in [5, 5.41) is 14.6. The average Bonchev–Trinajstić information content (AvgIpc) is 3.26. The fourth-order valence-corrected chi connectivity index (χ4v) is 3.02. The first-order valence-corrected chi connectivity index (χ1v) is 8.57. The van der Waals surface area contributed by atoms with Crippen LogP contribution in [0.1, 0.15) is 15.9 Å². The van der Waals surface area contributed by atoms with Gasteiger partial charge in [-0.3, -0.25) is 14.9 Å². The van der Waals surface area contributed by atoms with Crippen molar-refractivity contribution in [1.29, 1.82) is 0 Å². The van der Waals surface area contributed by atoms with Gasteiger partial charge in [-0.15, -0.1) is 0 Å². The van der Waals surface area contributed by atoms with Crippen molar-refractivity contribution < 1.29 is 14.1 Å². The highest BCUT2D eigenvalue weighted by Crippen LogP contribution is 2.25. The number of nitrogens with one attached hydrogen (secondary N) is 1. The lowest BCUT2D eigenvalue weighted by atomic mass is 10.1. The number of nitro groups is 1. The third kappa shape index (κ3) is 3.33. The fourth-order valence-electron chi connectivity index (χ4n) is 3.02. The number of carbonyl (C=O) groups is 1. The quantitative estimate of drug-likeness (QED) is 0.415. The summed E-state index contributed by atoms with van der Waals surface area (Å²) in [7, 11) is 0. The summed E-state index contributed by atoms with van der Waals surface area (Å²) in [4.78, 5) is 28.2. The molecule has 0 aliphatic carbocycles. The van der Waals surface area contributed by atoms with Gasteiger partial charge >= 0.3 is 0 Å². The van der Waals surface area contributed by atoms with Crippen LogP contribution in [0.15, 0.2) is 77.4 Å². The molecule has 28 heavy (non-hydrogen) atoms. The molecule has 2 heterocycles. The second kappa shape index (κ2) is 7.32. The van der Waals surface area contributed by atoms with Crippen molar-refractivity contribution in [3.63, 3.8) is 0 Å². The summed E-state index contributed by atoms with van der Waals surface area (Å²) in [5.41, 5.74) is 2.03. The van der Waals surface area contributed by atoms with Gasteiger partial charge in [-0.2, -0.15) is 0 Å². The molecule has 4 rings (SSSR count). The van der Waals surface area contributed by atoms with E-state index < -0.39 is 4.92 Å². The molecule has 4 aromatic rings. The van der Waals surface area contributed by atoms with Crippen molar-refractivity contribution in [3.05, 3.63) is 94.2 Å². The Hall–Kier alpha value is -4.00. The Kier molecular flexibility index (Phi) is 4.55. The van der Waals surface area contributed by atoms with Gasteiger partial charge in [-0.05, 0) is 24.3 Å². The number of benzene rings is 2. The van der Waals surface area contributed by atoms with Crippen LogP contribution >= 0.6 is 0 Å². The van der Waals surface area contributed by atoms with Crippen molar-refractivity contribution >= 4 is 22.5 Å². The van der Waals surface area contributed by atoms with Crippen LogP contribution in [0.3, 0.4) is 0 Å². The first-order valence-electron chi connectivity index (χ1n) is 8.57. The Labute approximate surface area is 159 Å². The third-order valence-electron chi connectivity index (χ3n) is 4.36. The second-order valence-corrected chi connectivity index (χ2v) is 6.12. The SMILES string of the molecule is O=C(NCc1ccccc1[N+](=O)[O-])c1cc(-c2ccco2)nc2ccccc12. The van der Waals surface area contributed by atoms with Gasteiger partial charge in [0.25, 0.3) is 11.6 Å². The smallest absolute Gasteiger partial charge is 0.274 e. The van der Waals surface area contributed by atoms with Crippen LogP contribution in [0, 0.1) is 10.1 Å². The molecule has 0 spiro atoms. The van der Waals surface area contributed by atoms with Gasteiger partial charge in [-0.1, -0.05) is 36.4 Å². The number of rotatable bonds is 5. The summed E-state index contributed by atoms with van der Waals surface area (Å²) >= 11 is 0. The van der Waals surface area contributed by atoms with E-state index in [4.69, 9.17) is 4.42 Å². The third-order valence-corrected chi connectivity index (χ3v) is 4.36. The molecule has 2 aromatic heterocycles. The largest absolute Gasteiger partial charge is 0.463 e. The highest BCUT2D eigenvalue weighted by atomic mass is 16.6. The monoisotopic (exact) mass is 373 g/mol. The number of hydrogen-bond donors (Lipinski definition) is 1. The maximum Gasteiger partial charge on any atom is 0.274 e. The number of para-hydroxylation sites is 2. The molecular formula is C21H15N3O4. The molecule has 0 saturated heterocycles. The molecule has 1 N–H and O–H groups in total. The number of pyridine rings is 1. The number of nitrogens with zero attached hydrogens (tertiary/aromatic N) is 2. The molecule has 138 valence electrons. The Morgan fingerprint density at radius 3 is 2.64 bits per heavy atom. The van der Waals surface area contributed by atoms with Crippen LogP contribution in [0.2, 0.25) is 0 Å². The van der Waals surface area contributed by atoms with Gasteiger partial charge in [0.1, 0.15) is 5.69 Å². The van der Waals surface area contributed by atoms with Crippen LogP contribution in [-0.4, -0.2) is 15.8 Å². The standard InChI is InChI=1S/C21H15N3O4/c25-21(22-13-14-6-1-4-9-19(14)24(26)27)16-12-18(20-10-5-11-28-20)23-17-8-3-2-7-15(16)17/h1-12H,13H2,(H,22,25). The minimum absolute atomic E-state index is 0.0290. The van der Waals surface area contributed by atoms with E-state index in [2.05, 4.69) is 10.3 Å². The zero-order valence-corrected chi connectivity index (χ0v) is 14.7. The number of nitro benzene ring substituents is 1. The predicted octanol–water partition coefficient (Wildman–Crippen LogP) is 4.33. The van der Waals surface area contributed by atoms with E-state index >= 15 is 0 Å². The van der Waals surface area contributed by atoms with Crippen LogP contribution in [0.5, 0.6) is 0 Å². The lowest BCUT2D eigenvalue weighted by Gasteiger charge is -2.10. The van der Waals surface area contributed by atoms with E-state index in [1.165, 1.54) is 6.07 Å². The minimum Gasteiger partial charge on any atom is -0.463 e. The molecule has 7 nitrogen and oxygen atoms in total. The Bertz CT molecular complexity index is 1170. The summed E-state index contributed by atoms with van der Waals surface area (Å²) in [6.07, 6.45) is 1.54. The maximum absolute atomic E-state index is 12.9. The van der Waals surface area contributed by atoms with Gasteiger partial charge in [0.05, 0.1) is 22.3 Å². The normalized spacial score (nSPS) is 10.7. The van der Waals surface area contributed by atoms with E-state index in [1.807, 2.05) is 24.3 Å². The summed E-state index contributed by atoms with van der Waals surface area (Å²) in [5.74, 6) is 0.211. The van der Waals surface area contributed by atoms with Gasteiger partial charge in [0.2, 0.25) is 0 Å². The molecule has 1 amide bonds. The summed E-state index contributed by atoms with van der Waals surface area (Å²) in [6, 6.07) is 18.8. The molecule has 0 aliphatic rings. The first-order chi connectivity index (χ1) is 13.6. The van der Waals surface area contributed by atoms with Crippen molar-refractivity contribution in [1.82, 2.24) is 10.3 Å². The lowest BCUT2D eigenvalue weighted by molar-refractivity contribution is -0.385. The molecule has 2 aromatic carbocycles.